The number of carboxylic acid groups (broad SMARTS) is 1. The molecule has 0 spiro atoms. The Labute approximate surface area is 288 Å². The summed E-state index contributed by atoms with van der Waals surface area (Å²) in [4.78, 5) is 26.4. The Balaban J connectivity index is 1.07. The van der Waals surface area contributed by atoms with E-state index in [4.69, 9.17) is 0 Å². The number of aromatic carboxylic acids is 1. The van der Waals surface area contributed by atoms with Crippen LogP contribution >= 0.6 is 11.8 Å². The summed E-state index contributed by atoms with van der Waals surface area (Å²) in [6.45, 7) is 16.8. The van der Waals surface area contributed by atoms with Crippen LogP contribution in [0.25, 0.3) is 5.57 Å². The number of hydrogen-bond acceptors (Lipinski definition) is 4. The number of nitrogens with one attached hydrogen (secondary N) is 1. The van der Waals surface area contributed by atoms with Gasteiger partial charge in [0, 0.05) is 44.1 Å². The third-order valence-electron chi connectivity index (χ3n) is 15.9. The van der Waals surface area contributed by atoms with Crippen LogP contribution in [0.4, 0.5) is 0 Å². The molecule has 5 fully saturated rings. The van der Waals surface area contributed by atoms with E-state index in [1.165, 1.54) is 68.9 Å². The van der Waals surface area contributed by atoms with Crippen molar-refractivity contribution in [2.24, 2.45) is 50.7 Å². The smallest absolute Gasteiger partial charge is 0.335 e. The fourth-order valence-corrected chi connectivity index (χ4v) is 14.3. The van der Waals surface area contributed by atoms with Gasteiger partial charge in [0.1, 0.15) is 0 Å². The second kappa shape index (κ2) is 12.2. The van der Waals surface area contributed by atoms with Crippen molar-refractivity contribution in [3.05, 3.63) is 41.5 Å². The summed E-state index contributed by atoms with van der Waals surface area (Å²) in [6, 6.07) is 7.63. The Kier molecular flexibility index (Phi) is 8.76. The summed E-state index contributed by atoms with van der Waals surface area (Å²) in [6.07, 6.45) is 16.5. The fraction of sp³-hybridized carbons (Fsp3) is 0.756. The summed E-state index contributed by atoms with van der Waals surface area (Å²) in [5.74, 6) is 4.64. The van der Waals surface area contributed by atoms with Crippen LogP contribution in [0.2, 0.25) is 0 Å². The zero-order valence-corrected chi connectivity index (χ0v) is 30.7. The Bertz CT molecular complexity index is 1400. The molecule has 5 aliphatic carbocycles. The molecule has 8 atom stereocenters. The molecule has 5 nitrogen and oxygen atoms in total. The van der Waals surface area contributed by atoms with Crippen molar-refractivity contribution in [1.29, 1.82) is 0 Å². The van der Waals surface area contributed by atoms with Crippen molar-refractivity contribution in [1.82, 2.24) is 10.2 Å². The Morgan fingerprint density at radius 2 is 1.62 bits per heavy atom. The van der Waals surface area contributed by atoms with Gasteiger partial charge in [-0.3, -0.25) is 4.79 Å². The van der Waals surface area contributed by atoms with Gasteiger partial charge >= 0.3 is 5.97 Å². The number of carbonyl (C=O) groups excluding carboxylic acids is 1. The number of hydrogen-bond donors (Lipinski definition) is 2. The molecule has 1 aromatic carbocycles. The van der Waals surface area contributed by atoms with E-state index in [1.54, 1.807) is 12.1 Å². The molecular formula is C41H60N2O3S. The van der Waals surface area contributed by atoms with Crippen molar-refractivity contribution in [3.63, 3.8) is 0 Å². The van der Waals surface area contributed by atoms with Gasteiger partial charge in [-0.1, -0.05) is 59.2 Å². The van der Waals surface area contributed by atoms with Gasteiger partial charge < -0.3 is 15.3 Å². The van der Waals surface area contributed by atoms with E-state index in [2.05, 4.69) is 50.9 Å². The topological polar surface area (TPSA) is 69.6 Å². The maximum absolute atomic E-state index is 12.8. The van der Waals surface area contributed by atoms with Crippen LogP contribution in [0.5, 0.6) is 0 Å². The Morgan fingerprint density at radius 1 is 0.872 bits per heavy atom. The van der Waals surface area contributed by atoms with Gasteiger partial charge in [0.15, 0.2) is 0 Å². The van der Waals surface area contributed by atoms with Crippen molar-refractivity contribution < 1.29 is 14.7 Å². The average Bonchev–Trinajstić information content (AvgIpc) is 3.48. The summed E-state index contributed by atoms with van der Waals surface area (Å²) in [5.41, 5.74) is 4.45. The van der Waals surface area contributed by atoms with E-state index >= 15 is 0 Å². The van der Waals surface area contributed by atoms with E-state index in [-0.39, 0.29) is 10.8 Å². The molecule has 4 saturated carbocycles. The lowest BCUT2D eigenvalue weighted by molar-refractivity contribution is -0.222. The average molecular weight is 661 g/mol. The summed E-state index contributed by atoms with van der Waals surface area (Å²) in [7, 11) is 0. The minimum Gasteiger partial charge on any atom is -0.478 e. The number of allylic oxidation sites excluding steroid dienone is 2. The second-order valence-electron chi connectivity index (χ2n) is 17.9. The van der Waals surface area contributed by atoms with Crippen LogP contribution < -0.4 is 5.32 Å². The van der Waals surface area contributed by atoms with Gasteiger partial charge in [0.25, 0.3) is 0 Å². The molecule has 2 N–H and O–H groups in total. The largest absolute Gasteiger partial charge is 0.478 e. The normalized spacial score (nSPS) is 40.8. The molecule has 1 amide bonds. The second-order valence-corrected chi connectivity index (χ2v) is 19.1. The summed E-state index contributed by atoms with van der Waals surface area (Å²) < 4.78 is 0. The van der Waals surface area contributed by atoms with E-state index < -0.39 is 5.97 Å². The molecule has 1 saturated heterocycles. The molecule has 1 aliphatic heterocycles. The van der Waals surface area contributed by atoms with Crippen molar-refractivity contribution in [2.45, 2.75) is 105 Å². The number of thioether (sulfide) groups is 1. The van der Waals surface area contributed by atoms with Crippen LogP contribution in [0.3, 0.4) is 0 Å². The maximum atomic E-state index is 12.8. The predicted molar refractivity (Wildman–Crippen MR) is 193 cm³/mol. The number of benzene rings is 1. The Morgan fingerprint density at radius 3 is 2.34 bits per heavy atom. The van der Waals surface area contributed by atoms with Gasteiger partial charge in [0.05, 0.1) is 5.56 Å². The molecule has 0 radical (unpaired) electrons. The first-order chi connectivity index (χ1) is 22.4. The quantitative estimate of drug-likeness (QED) is 0.286. The molecule has 6 aliphatic rings. The third kappa shape index (κ3) is 5.27. The molecule has 1 heterocycles. The van der Waals surface area contributed by atoms with E-state index in [0.717, 1.165) is 61.9 Å². The number of carbonyl (C=O) groups is 2. The lowest BCUT2D eigenvalue weighted by atomic mass is 9.32. The summed E-state index contributed by atoms with van der Waals surface area (Å²) >= 11 is 1.97. The first kappa shape index (κ1) is 33.7. The maximum Gasteiger partial charge on any atom is 0.335 e. The van der Waals surface area contributed by atoms with Crippen LogP contribution in [0.15, 0.2) is 30.3 Å². The van der Waals surface area contributed by atoms with Crippen LogP contribution in [0.1, 0.15) is 121 Å². The lowest BCUT2D eigenvalue weighted by Crippen LogP contribution is -2.65. The number of carboxylic acids is 1. The van der Waals surface area contributed by atoms with Gasteiger partial charge in [-0.05, 0) is 132 Å². The minimum absolute atomic E-state index is 0.0456. The number of rotatable bonds is 7. The molecule has 47 heavy (non-hydrogen) atoms. The third-order valence-corrected chi connectivity index (χ3v) is 16.9. The SMILES string of the molecule is CC1(C)C(c2ccc(C(=O)O)cc2)=CCC2(C)C1CCC1(C)C2CCC2C3CCCC3(CNCCC(=O)N3CCSCC3)CC[C@]21C. The molecule has 1 aromatic rings. The first-order valence-corrected chi connectivity index (χ1v) is 20.1. The van der Waals surface area contributed by atoms with Gasteiger partial charge in [-0.2, -0.15) is 11.8 Å². The Hall–Kier alpha value is -1.79. The zero-order valence-electron chi connectivity index (χ0n) is 29.8. The number of fused-ring (bicyclic) bond motifs is 7. The van der Waals surface area contributed by atoms with Crippen molar-refractivity contribution in [3.8, 4) is 0 Å². The highest BCUT2D eigenvalue weighted by molar-refractivity contribution is 7.99. The van der Waals surface area contributed by atoms with Crippen LogP contribution in [-0.4, -0.2) is 59.6 Å². The van der Waals surface area contributed by atoms with Crippen LogP contribution in [0, 0.1) is 50.7 Å². The van der Waals surface area contributed by atoms with Crippen molar-refractivity contribution in [2.75, 3.05) is 37.7 Å². The van der Waals surface area contributed by atoms with E-state index in [1.807, 2.05) is 23.9 Å². The molecule has 0 bridgehead atoms. The highest BCUT2D eigenvalue weighted by Gasteiger charge is 2.69. The molecule has 0 aromatic heterocycles. The highest BCUT2D eigenvalue weighted by Crippen LogP contribution is 2.77. The van der Waals surface area contributed by atoms with Gasteiger partial charge in [-0.15, -0.1) is 0 Å². The van der Waals surface area contributed by atoms with Crippen LogP contribution in [-0.2, 0) is 4.79 Å². The zero-order chi connectivity index (χ0) is 33.2. The molecule has 258 valence electrons. The van der Waals surface area contributed by atoms with Crippen molar-refractivity contribution >= 4 is 29.2 Å². The predicted octanol–water partition coefficient (Wildman–Crippen LogP) is 8.79. The lowest BCUT2D eigenvalue weighted by Gasteiger charge is -2.72. The first-order valence-electron chi connectivity index (χ1n) is 19.0. The van der Waals surface area contributed by atoms with Gasteiger partial charge in [-0.25, -0.2) is 4.79 Å². The summed E-state index contributed by atoms with van der Waals surface area (Å²) in [5, 5.41) is 13.3. The molecule has 6 heteroatoms. The minimum atomic E-state index is -0.857. The van der Waals surface area contributed by atoms with E-state index in [9.17, 15) is 14.7 Å². The molecular weight excluding hydrogens is 601 g/mol. The standard InChI is InChI=1S/C41H60N2O3S/c1-37(2)30(28-8-10-29(11-9-28)36(45)46)14-18-38(3)33(37)15-19-40(5)34(38)13-12-31-32-7-6-17-41(32,21-20-39(31,40)4)27-42-22-16-35(44)43-23-25-47-26-24-43/h8-11,14,31-34,42H,6-7,12-13,15-27H2,1-5H3,(H,45,46)/t31?,32?,33?,34?,38?,39-,40?,41?/m1/s1. The van der Waals surface area contributed by atoms with Gasteiger partial charge in [0.2, 0.25) is 5.91 Å². The van der Waals surface area contributed by atoms with E-state index in [0.29, 0.717) is 40.1 Å². The number of amides is 1. The number of nitrogens with zero attached hydrogens (tertiary/aromatic N) is 1. The monoisotopic (exact) mass is 660 g/mol. The molecule has 7 unspecified atom stereocenters. The fourth-order valence-electron chi connectivity index (χ4n) is 13.4. The highest BCUT2D eigenvalue weighted by atomic mass is 32.2. The molecule has 7 rings (SSSR count).